The maximum absolute atomic E-state index is 12.6. The third-order valence-electron chi connectivity index (χ3n) is 5.62. The second-order valence-electron chi connectivity index (χ2n) is 7.43. The number of amides is 2. The van der Waals surface area contributed by atoms with Gasteiger partial charge in [-0.1, -0.05) is 19.3 Å². The van der Waals surface area contributed by atoms with Crippen molar-refractivity contribution >= 4 is 11.8 Å². The van der Waals surface area contributed by atoms with E-state index in [-0.39, 0.29) is 23.6 Å². The van der Waals surface area contributed by atoms with Crippen molar-refractivity contribution in [1.82, 2.24) is 20.4 Å². The molecule has 25 heavy (non-hydrogen) atoms. The topological polar surface area (TPSA) is 104 Å². The summed E-state index contributed by atoms with van der Waals surface area (Å²) in [6, 6.07) is 1.95. The quantitative estimate of drug-likeness (QED) is 0.751. The zero-order valence-corrected chi connectivity index (χ0v) is 15.0. The van der Waals surface area contributed by atoms with Gasteiger partial charge in [-0.2, -0.15) is 5.10 Å². The molecule has 0 bridgehead atoms. The standard InChI is InChI=1S/C18H29N5O2/c1-12(18(25)20-14-7-3-2-4-8-14)23-9-5-6-13(11-23)15-10-16(17(19)24)22-21-15/h10,12-14H,2-9,11H2,1H3,(H2,19,24)(H,20,25)(H,21,22)/t12-,13-/m1/s1. The van der Waals surface area contributed by atoms with E-state index in [1.54, 1.807) is 6.07 Å². The molecule has 2 heterocycles. The van der Waals surface area contributed by atoms with Crippen LogP contribution in [0.4, 0.5) is 0 Å². The Labute approximate surface area is 148 Å². The highest BCUT2D eigenvalue weighted by Gasteiger charge is 2.30. The van der Waals surface area contributed by atoms with Crippen LogP contribution < -0.4 is 11.1 Å². The first-order valence-electron chi connectivity index (χ1n) is 9.44. The lowest BCUT2D eigenvalue weighted by atomic mass is 9.93. The molecular weight excluding hydrogens is 318 g/mol. The summed E-state index contributed by atoms with van der Waals surface area (Å²) in [6.07, 6.45) is 7.97. The zero-order valence-electron chi connectivity index (χ0n) is 15.0. The van der Waals surface area contributed by atoms with E-state index in [9.17, 15) is 9.59 Å². The van der Waals surface area contributed by atoms with Crippen LogP contribution in [-0.4, -0.2) is 52.1 Å². The normalized spacial score (nSPS) is 24.0. The number of nitrogens with one attached hydrogen (secondary N) is 2. The first kappa shape index (κ1) is 17.9. The van der Waals surface area contributed by atoms with E-state index in [4.69, 9.17) is 5.73 Å². The van der Waals surface area contributed by atoms with Gasteiger partial charge in [0.25, 0.3) is 5.91 Å². The number of H-pyrrole nitrogens is 1. The third kappa shape index (κ3) is 4.39. The molecule has 0 spiro atoms. The Kier molecular flexibility index (Phi) is 5.73. The summed E-state index contributed by atoms with van der Waals surface area (Å²) in [7, 11) is 0. The van der Waals surface area contributed by atoms with Crippen LogP contribution in [-0.2, 0) is 4.79 Å². The van der Waals surface area contributed by atoms with Crippen molar-refractivity contribution in [3.63, 3.8) is 0 Å². The van der Waals surface area contributed by atoms with Gasteiger partial charge in [-0.3, -0.25) is 19.6 Å². The SMILES string of the molecule is C[C@H](C(=O)NC1CCCCC1)N1CCC[C@@H](c2cc(C(N)=O)n[nH]2)C1. The van der Waals surface area contributed by atoms with Gasteiger partial charge in [0, 0.05) is 24.2 Å². The molecule has 2 aliphatic rings. The fourth-order valence-electron chi connectivity index (χ4n) is 4.02. The molecule has 1 aliphatic carbocycles. The second kappa shape index (κ2) is 7.99. The van der Waals surface area contributed by atoms with Crippen LogP contribution in [0.2, 0.25) is 0 Å². The van der Waals surface area contributed by atoms with E-state index in [1.807, 2.05) is 6.92 Å². The Balaban J connectivity index is 1.57. The highest BCUT2D eigenvalue weighted by molar-refractivity contribution is 5.90. The summed E-state index contributed by atoms with van der Waals surface area (Å²) in [6.45, 7) is 3.70. The zero-order chi connectivity index (χ0) is 17.8. The van der Waals surface area contributed by atoms with E-state index < -0.39 is 5.91 Å². The van der Waals surface area contributed by atoms with Gasteiger partial charge >= 0.3 is 0 Å². The Morgan fingerprint density at radius 2 is 2.04 bits per heavy atom. The van der Waals surface area contributed by atoms with Crippen LogP contribution in [0.5, 0.6) is 0 Å². The molecular formula is C18H29N5O2. The number of aromatic amines is 1. The van der Waals surface area contributed by atoms with Crippen molar-refractivity contribution in [2.75, 3.05) is 13.1 Å². The number of primary amides is 1. The first-order chi connectivity index (χ1) is 12.0. The summed E-state index contributed by atoms with van der Waals surface area (Å²) in [5.74, 6) is -0.135. The minimum absolute atomic E-state index is 0.134. The van der Waals surface area contributed by atoms with E-state index in [0.717, 1.165) is 44.5 Å². The molecule has 1 saturated heterocycles. The van der Waals surface area contributed by atoms with Gasteiger partial charge in [0.1, 0.15) is 5.69 Å². The molecule has 4 N–H and O–H groups in total. The number of likely N-dealkylation sites (tertiary alicyclic amines) is 1. The molecule has 2 amide bonds. The van der Waals surface area contributed by atoms with Crippen molar-refractivity contribution in [2.24, 2.45) is 5.73 Å². The highest BCUT2D eigenvalue weighted by atomic mass is 16.2. The van der Waals surface area contributed by atoms with E-state index in [0.29, 0.717) is 6.04 Å². The molecule has 7 nitrogen and oxygen atoms in total. The predicted molar refractivity (Wildman–Crippen MR) is 95.1 cm³/mol. The van der Waals surface area contributed by atoms with Crippen LogP contribution in [0, 0.1) is 0 Å². The van der Waals surface area contributed by atoms with Gasteiger partial charge in [-0.05, 0) is 45.2 Å². The maximum Gasteiger partial charge on any atom is 0.269 e. The molecule has 1 aromatic rings. The van der Waals surface area contributed by atoms with Crippen LogP contribution in [0.3, 0.4) is 0 Å². The van der Waals surface area contributed by atoms with Crippen molar-refractivity contribution in [1.29, 1.82) is 0 Å². The molecule has 2 fully saturated rings. The predicted octanol–water partition coefficient (Wildman–Crippen LogP) is 1.53. The van der Waals surface area contributed by atoms with E-state index >= 15 is 0 Å². The third-order valence-corrected chi connectivity index (χ3v) is 5.62. The van der Waals surface area contributed by atoms with Crippen LogP contribution in [0.15, 0.2) is 6.07 Å². The number of aromatic nitrogens is 2. The van der Waals surface area contributed by atoms with Crippen LogP contribution in [0.1, 0.15) is 74.0 Å². The lowest BCUT2D eigenvalue weighted by Crippen LogP contribution is -2.51. The summed E-state index contributed by atoms with van der Waals surface area (Å²) < 4.78 is 0. The van der Waals surface area contributed by atoms with Crippen LogP contribution >= 0.6 is 0 Å². The molecule has 0 aromatic carbocycles. The smallest absolute Gasteiger partial charge is 0.269 e. The maximum atomic E-state index is 12.6. The summed E-state index contributed by atoms with van der Waals surface area (Å²) in [5.41, 5.74) is 6.48. The van der Waals surface area contributed by atoms with Gasteiger partial charge in [0.2, 0.25) is 5.91 Å². The summed E-state index contributed by atoms with van der Waals surface area (Å²) >= 11 is 0. The molecule has 1 saturated carbocycles. The summed E-state index contributed by atoms with van der Waals surface area (Å²) in [5, 5.41) is 10.1. The minimum atomic E-state index is -0.518. The number of carbonyl (C=O) groups is 2. The van der Waals surface area contributed by atoms with Crippen LogP contribution in [0.25, 0.3) is 0 Å². The number of carbonyl (C=O) groups excluding carboxylic acids is 2. The number of nitrogens with zero attached hydrogens (tertiary/aromatic N) is 2. The Bertz CT molecular complexity index is 608. The molecule has 138 valence electrons. The number of rotatable bonds is 5. The molecule has 0 radical (unpaired) electrons. The average Bonchev–Trinajstić information content (AvgIpc) is 3.12. The fourth-order valence-corrected chi connectivity index (χ4v) is 4.02. The molecule has 0 unspecified atom stereocenters. The average molecular weight is 347 g/mol. The molecule has 3 rings (SSSR count). The lowest BCUT2D eigenvalue weighted by molar-refractivity contribution is -0.127. The summed E-state index contributed by atoms with van der Waals surface area (Å²) in [4.78, 5) is 26.1. The molecule has 2 atom stereocenters. The lowest BCUT2D eigenvalue weighted by Gasteiger charge is -2.36. The van der Waals surface area contributed by atoms with Gasteiger partial charge in [-0.15, -0.1) is 0 Å². The monoisotopic (exact) mass is 347 g/mol. The van der Waals surface area contributed by atoms with Crippen molar-refractivity contribution in [3.8, 4) is 0 Å². The second-order valence-corrected chi connectivity index (χ2v) is 7.43. The number of nitrogens with two attached hydrogens (primary N) is 1. The number of hydrogen-bond donors (Lipinski definition) is 3. The first-order valence-corrected chi connectivity index (χ1v) is 9.44. The number of piperidine rings is 1. The molecule has 1 aromatic heterocycles. The van der Waals surface area contributed by atoms with E-state index in [2.05, 4.69) is 20.4 Å². The Morgan fingerprint density at radius 3 is 2.72 bits per heavy atom. The Morgan fingerprint density at radius 1 is 1.28 bits per heavy atom. The Hall–Kier alpha value is -1.89. The van der Waals surface area contributed by atoms with Crippen molar-refractivity contribution in [3.05, 3.63) is 17.5 Å². The molecule has 1 aliphatic heterocycles. The van der Waals surface area contributed by atoms with Gasteiger partial charge in [0.15, 0.2) is 0 Å². The fraction of sp³-hybridized carbons (Fsp3) is 0.722. The van der Waals surface area contributed by atoms with Gasteiger partial charge in [0.05, 0.1) is 6.04 Å². The van der Waals surface area contributed by atoms with E-state index in [1.165, 1.54) is 19.3 Å². The van der Waals surface area contributed by atoms with Gasteiger partial charge < -0.3 is 11.1 Å². The minimum Gasteiger partial charge on any atom is -0.364 e. The van der Waals surface area contributed by atoms with Crippen molar-refractivity contribution in [2.45, 2.75) is 69.9 Å². The van der Waals surface area contributed by atoms with Crippen molar-refractivity contribution < 1.29 is 9.59 Å². The van der Waals surface area contributed by atoms with Gasteiger partial charge in [-0.25, -0.2) is 0 Å². The molecule has 7 heteroatoms. The highest BCUT2D eigenvalue weighted by Crippen LogP contribution is 2.27. The number of hydrogen-bond acceptors (Lipinski definition) is 4. The largest absolute Gasteiger partial charge is 0.364 e.